The van der Waals surface area contributed by atoms with Gasteiger partial charge in [-0.3, -0.25) is 10.2 Å². The van der Waals surface area contributed by atoms with E-state index in [4.69, 9.17) is 10.1 Å². The number of amidine groups is 1. The number of rotatable bonds is 10. The quantitative estimate of drug-likeness (QED) is 0.132. The Balaban J connectivity index is 1.85. The Hall–Kier alpha value is -3.49. The van der Waals surface area contributed by atoms with Crippen molar-refractivity contribution in [3.8, 4) is 0 Å². The summed E-state index contributed by atoms with van der Waals surface area (Å²) in [6.45, 7) is 7.50. The predicted molar refractivity (Wildman–Crippen MR) is 147 cm³/mol. The molecule has 0 aliphatic heterocycles. The first-order chi connectivity index (χ1) is 17.5. The fourth-order valence-electron chi connectivity index (χ4n) is 3.90. The zero-order valence-electron chi connectivity index (χ0n) is 21.7. The molecule has 7 nitrogen and oxygen atoms in total. The average Bonchev–Trinajstić information content (AvgIpc) is 3.36. The molecule has 1 atom stereocenters. The number of carbonyl (C=O) groups excluding carboxylic acids is 2. The molecule has 0 bridgehead atoms. The van der Waals surface area contributed by atoms with Crippen LogP contribution < -0.4 is 10.6 Å². The van der Waals surface area contributed by atoms with Crippen molar-refractivity contribution in [1.82, 2.24) is 10.6 Å². The van der Waals surface area contributed by atoms with Gasteiger partial charge in [0.15, 0.2) is 0 Å². The van der Waals surface area contributed by atoms with E-state index in [1.165, 1.54) is 11.3 Å². The summed E-state index contributed by atoms with van der Waals surface area (Å²) < 4.78 is 5.54. The molecule has 2 aromatic carbocycles. The maximum Gasteiger partial charge on any atom is 0.329 e. The molecule has 0 saturated carbocycles. The molecule has 0 spiro atoms. The molecule has 37 heavy (non-hydrogen) atoms. The van der Waals surface area contributed by atoms with E-state index >= 15 is 0 Å². The fourth-order valence-corrected chi connectivity index (χ4v) is 4.94. The summed E-state index contributed by atoms with van der Waals surface area (Å²) in [6.07, 6.45) is 0.926. The SMILES string of the molecule is CC(=N)NCCC[C@H](NC(=O)c1ccc(C(O)(c2ccccc2)c2ccccc2)s1)C(=O)OC(C)(C)C. The van der Waals surface area contributed by atoms with Crippen LogP contribution in [0.4, 0.5) is 0 Å². The molecule has 8 heteroatoms. The lowest BCUT2D eigenvalue weighted by molar-refractivity contribution is -0.157. The van der Waals surface area contributed by atoms with Crippen LogP contribution in [-0.2, 0) is 15.1 Å². The molecular formula is C29H35N3O4S. The summed E-state index contributed by atoms with van der Waals surface area (Å²) in [5.41, 5.74) is -0.750. The lowest BCUT2D eigenvalue weighted by Crippen LogP contribution is -2.44. The van der Waals surface area contributed by atoms with E-state index in [-0.39, 0.29) is 0 Å². The second-order valence-corrected chi connectivity index (χ2v) is 10.9. The lowest BCUT2D eigenvalue weighted by Gasteiger charge is -2.28. The van der Waals surface area contributed by atoms with Crippen LogP contribution in [0.25, 0.3) is 0 Å². The normalized spacial score (nSPS) is 12.5. The first-order valence-corrected chi connectivity index (χ1v) is 13.1. The van der Waals surface area contributed by atoms with E-state index in [9.17, 15) is 14.7 Å². The maximum atomic E-state index is 13.2. The highest BCUT2D eigenvalue weighted by molar-refractivity contribution is 7.14. The fraction of sp³-hybridized carbons (Fsp3) is 0.345. The molecule has 1 aromatic heterocycles. The van der Waals surface area contributed by atoms with Crippen LogP contribution in [0.3, 0.4) is 0 Å². The third kappa shape index (κ3) is 7.50. The number of amides is 1. The van der Waals surface area contributed by atoms with Crippen molar-refractivity contribution in [3.63, 3.8) is 0 Å². The van der Waals surface area contributed by atoms with Gasteiger partial charge >= 0.3 is 5.97 Å². The smallest absolute Gasteiger partial charge is 0.329 e. The second kappa shape index (κ2) is 12.2. The van der Waals surface area contributed by atoms with Crippen molar-refractivity contribution >= 4 is 29.0 Å². The van der Waals surface area contributed by atoms with Gasteiger partial charge in [0.2, 0.25) is 0 Å². The Labute approximate surface area is 222 Å². The molecular weight excluding hydrogens is 486 g/mol. The van der Waals surface area contributed by atoms with Gasteiger partial charge in [0.1, 0.15) is 17.2 Å². The summed E-state index contributed by atoms with van der Waals surface area (Å²) in [4.78, 5) is 27.1. The zero-order chi connectivity index (χ0) is 27.1. The Kier molecular flexibility index (Phi) is 9.23. The van der Waals surface area contributed by atoms with Crippen molar-refractivity contribution in [2.24, 2.45) is 0 Å². The number of ether oxygens (including phenoxy) is 1. The van der Waals surface area contributed by atoms with Crippen LogP contribution >= 0.6 is 11.3 Å². The number of hydrogen-bond donors (Lipinski definition) is 4. The van der Waals surface area contributed by atoms with Crippen LogP contribution in [0.5, 0.6) is 0 Å². The van der Waals surface area contributed by atoms with Crippen molar-refractivity contribution in [3.05, 3.63) is 93.7 Å². The monoisotopic (exact) mass is 521 g/mol. The molecule has 0 saturated heterocycles. The minimum atomic E-state index is -1.44. The Morgan fingerprint density at radius 3 is 2.05 bits per heavy atom. The predicted octanol–water partition coefficient (Wildman–Crippen LogP) is 4.84. The van der Waals surface area contributed by atoms with E-state index in [0.29, 0.717) is 46.1 Å². The molecule has 3 aromatic rings. The number of hydrogen-bond acceptors (Lipinski definition) is 6. The largest absolute Gasteiger partial charge is 0.458 e. The molecule has 0 fully saturated rings. The highest BCUT2D eigenvalue weighted by atomic mass is 32.1. The molecule has 3 rings (SSSR count). The second-order valence-electron chi connectivity index (χ2n) is 9.86. The van der Waals surface area contributed by atoms with Crippen molar-refractivity contribution in [1.29, 1.82) is 5.41 Å². The van der Waals surface area contributed by atoms with Crippen molar-refractivity contribution in [2.75, 3.05) is 6.54 Å². The molecule has 0 radical (unpaired) electrons. The van der Waals surface area contributed by atoms with Gasteiger partial charge < -0.3 is 20.5 Å². The Morgan fingerprint density at radius 2 is 1.54 bits per heavy atom. The van der Waals surface area contributed by atoms with Gasteiger partial charge in [-0.2, -0.15) is 0 Å². The van der Waals surface area contributed by atoms with Crippen molar-refractivity contribution in [2.45, 2.75) is 57.8 Å². The van der Waals surface area contributed by atoms with Crippen LogP contribution in [-0.4, -0.2) is 41.0 Å². The lowest BCUT2D eigenvalue weighted by atomic mass is 9.85. The number of nitrogens with one attached hydrogen (secondary N) is 3. The van der Waals surface area contributed by atoms with Gasteiger partial charge in [-0.15, -0.1) is 11.3 Å². The highest BCUT2D eigenvalue weighted by Gasteiger charge is 2.36. The summed E-state index contributed by atoms with van der Waals surface area (Å²) in [5, 5.41) is 25.2. The van der Waals surface area contributed by atoms with E-state index in [1.54, 1.807) is 39.8 Å². The Bertz CT molecular complexity index is 1160. The highest BCUT2D eigenvalue weighted by Crippen LogP contribution is 2.40. The Morgan fingerprint density at radius 1 is 0.973 bits per heavy atom. The minimum Gasteiger partial charge on any atom is -0.458 e. The number of esters is 1. The van der Waals surface area contributed by atoms with Gasteiger partial charge in [0, 0.05) is 11.4 Å². The number of carbonyl (C=O) groups is 2. The van der Waals surface area contributed by atoms with Crippen LogP contribution in [0.2, 0.25) is 0 Å². The standard InChI is InChI=1S/C29H35N3O4S/c1-20(30)31-19-11-16-23(27(34)36-28(2,3)4)32-26(33)24-17-18-25(37-24)29(35,21-12-7-5-8-13-21)22-14-9-6-10-15-22/h5-10,12-15,17-18,23,35H,11,16,19H2,1-4H3,(H2,30,31)(H,32,33)/t23-/m0/s1. The third-order valence-electron chi connectivity index (χ3n) is 5.63. The first kappa shape index (κ1) is 28.1. The van der Waals surface area contributed by atoms with Crippen LogP contribution in [0.15, 0.2) is 72.8 Å². The molecule has 0 aliphatic carbocycles. The zero-order valence-corrected chi connectivity index (χ0v) is 22.5. The van der Waals surface area contributed by atoms with E-state index in [1.807, 2.05) is 60.7 Å². The van der Waals surface area contributed by atoms with Gasteiger partial charge in [0.05, 0.1) is 10.7 Å². The molecule has 0 aliphatic rings. The topological polar surface area (TPSA) is 112 Å². The summed E-state index contributed by atoms with van der Waals surface area (Å²) in [6, 6.07) is 21.2. The number of aliphatic hydroxyl groups is 1. The van der Waals surface area contributed by atoms with E-state index < -0.39 is 29.1 Å². The summed E-state index contributed by atoms with van der Waals surface area (Å²) in [7, 11) is 0. The van der Waals surface area contributed by atoms with Gasteiger partial charge in [-0.25, -0.2) is 4.79 Å². The molecule has 4 N–H and O–H groups in total. The number of thiophene rings is 1. The van der Waals surface area contributed by atoms with Crippen molar-refractivity contribution < 1.29 is 19.4 Å². The molecule has 0 unspecified atom stereocenters. The van der Waals surface area contributed by atoms with Gasteiger partial charge in [0.25, 0.3) is 5.91 Å². The van der Waals surface area contributed by atoms with E-state index in [2.05, 4.69) is 10.6 Å². The first-order valence-electron chi connectivity index (χ1n) is 12.3. The number of benzene rings is 2. The third-order valence-corrected chi connectivity index (χ3v) is 6.82. The maximum absolute atomic E-state index is 13.2. The van der Waals surface area contributed by atoms with Gasteiger partial charge in [-0.05, 0) is 63.8 Å². The van der Waals surface area contributed by atoms with Crippen LogP contribution in [0.1, 0.15) is 66.2 Å². The summed E-state index contributed by atoms with van der Waals surface area (Å²) >= 11 is 1.18. The average molecular weight is 522 g/mol. The molecule has 1 amide bonds. The molecule has 1 heterocycles. The molecule has 196 valence electrons. The van der Waals surface area contributed by atoms with E-state index in [0.717, 1.165) is 0 Å². The summed E-state index contributed by atoms with van der Waals surface area (Å²) in [5.74, 6) is -0.575. The van der Waals surface area contributed by atoms with Crippen LogP contribution in [0, 0.1) is 5.41 Å². The van der Waals surface area contributed by atoms with Gasteiger partial charge in [-0.1, -0.05) is 60.7 Å². The minimum absolute atomic E-state index is 0.341.